The van der Waals surface area contributed by atoms with E-state index in [1.165, 1.54) is 11.4 Å². The Kier molecular flexibility index (Phi) is 4.20. The molecule has 4 heterocycles. The Hall–Kier alpha value is -2.99. The Bertz CT molecular complexity index is 1110. The predicted octanol–water partition coefficient (Wildman–Crippen LogP) is 3.66. The maximum atomic E-state index is 4.83. The third-order valence-electron chi connectivity index (χ3n) is 5.56. The zero-order valence-corrected chi connectivity index (χ0v) is 16.3. The SMILES string of the molecule is Cc1cc(C)n(C2CCN(Cc3c(-c4ccccc4)nc4ncccn34)C2)n1. The number of hydrogen-bond donors (Lipinski definition) is 0. The Labute approximate surface area is 164 Å². The van der Waals surface area contributed by atoms with E-state index in [0.29, 0.717) is 6.04 Å². The van der Waals surface area contributed by atoms with E-state index in [9.17, 15) is 0 Å². The lowest BCUT2D eigenvalue weighted by atomic mass is 10.1. The highest BCUT2D eigenvalue weighted by atomic mass is 15.3. The summed E-state index contributed by atoms with van der Waals surface area (Å²) in [5.41, 5.74) is 5.69. The van der Waals surface area contributed by atoms with Gasteiger partial charge in [-0.25, -0.2) is 9.97 Å². The molecule has 1 unspecified atom stereocenters. The predicted molar refractivity (Wildman–Crippen MR) is 109 cm³/mol. The Morgan fingerprint density at radius 2 is 1.96 bits per heavy atom. The van der Waals surface area contributed by atoms with Gasteiger partial charge in [-0.05, 0) is 32.4 Å². The standard InChI is InChI=1S/C22H24N6/c1-16-13-17(2)28(25-16)19-9-12-26(14-19)15-20-21(18-7-4-3-5-8-18)24-22-23-10-6-11-27(20)22/h3-8,10-11,13,19H,9,12,14-15H2,1-2H3. The number of aromatic nitrogens is 5. The molecule has 1 saturated heterocycles. The first-order chi connectivity index (χ1) is 13.7. The van der Waals surface area contributed by atoms with E-state index in [1.54, 1.807) is 6.20 Å². The average Bonchev–Trinajstić information content (AvgIpc) is 3.40. The van der Waals surface area contributed by atoms with Gasteiger partial charge in [-0.2, -0.15) is 5.10 Å². The summed E-state index contributed by atoms with van der Waals surface area (Å²) in [6.45, 7) is 7.13. The third kappa shape index (κ3) is 2.99. The van der Waals surface area contributed by atoms with Crippen molar-refractivity contribution in [2.75, 3.05) is 13.1 Å². The number of rotatable bonds is 4. The zero-order valence-electron chi connectivity index (χ0n) is 16.3. The van der Waals surface area contributed by atoms with Crippen molar-refractivity contribution in [1.82, 2.24) is 29.0 Å². The quantitative estimate of drug-likeness (QED) is 0.549. The van der Waals surface area contributed by atoms with Crippen molar-refractivity contribution in [3.63, 3.8) is 0 Å². The highest BCUT2D eigenvalue weighted by Crippen LogP contribution is 2.28. The molecule has 142 valence electrons. The molecule has 6 nitrogen and oxygen atoms in total. The molecule has 0 spiro atoms. The molecular formula is C22H24N6. The van der Waals surface area contributed by atoms with Crippen LogP contribution in [0.2, 0.25) is 0 Å². The Morgan fingerprint density at radius 3 is 2.75 bits per heavy atom. The molecule has 0 bridgehead atoms. The van der Waals surface area contributed by atoms with Crippen molar-refractivity contribution in [3.8, 4) is 11.3 Å². The van der Waals surface area contributed by atoms with Gasteiger partial charge in [0.25, 0.3) is 0 Å². The second-order valence-corrected chi connectivity index (χ2v) is 7.61. The van der Waals surface area contributed by atoms with Crippen LogP contribution in [0.4, 0.5) is 0 Å². The van der Waals surface area contributed by atoms with Crippen molar-refractivity contribution in [3.05, 3.63) is 71.9 Å². The molecule has 28 heavy (non-hydrogen) atoms. The normalized spacial score (nSPS) is 17.6. The van der Waals surface area contributed by atoms with Gasteiger partial charge in [0.05, 0.1) is 23.1 Å². The highest BCUT2D eigenvalue weighted by molar-refractivity contribution is 5.65. The van der Waals surface area contributed by atoms with Crippen LogP contribution in [0, 0.1) is 13.8 Å². The van der Waals surface area contributed by atoms with Crippen molar-refractivity contribution in [1.29, 1.82) is 0 Å². The summed E-state index contributed by atoms with van der Waals surface area (Å²) >= 11 is 0. The second kappa shape index (κ2) is 6.87. The van der Waals surface area contributed by atoms with Gasteiger partial charge in [0.2, 0.25) is 5.78 Å². The highest BCUT2D eigenvalue weighted by Gasteiger charge is 2.27. The molecule has 1 aliphatic rings. The van der Waals surface area contributed by atoms with Gasteiger partial charge in [0.1, 0.15) is 0 Å². The molecule has 1 atom stereocenters. The largest absolute Gasteiger partial charge is 0.295 e. The summed E-state index contributed by atoms with van der Waals surface area (Å²) in [7, 11) is 0. The molecule has 0 radical (unpaired) electrons. The molecule has 1 fully saturated rings. The first kappa shape index (κ1) is 17.1. The molecule has 3 aromatic heterocycles. The summed E-state index contributed by atoms with van der Waals surface area (Å²) in [5, 5.41) is 4.70. The van der Waals surface area contributed by atoms with Crippen LogP contribution in [0.25, 0.3) is 17.0 Å². The van der Waals surface area contributed by atoms with Gasteiger partial charge in [0.15, 0.2) is 0 Å². The fraction of sp³-hybridized carbons (Fsp3) is 0.318. The van der Waals surface area contributed by atoms with Crippen LogP contribution in [-0.4, -0.2) is 42.1 Å². The topological polar surface area (TPSA) is 51.2 Å². The third-order valence-corrected chi connectivity index (χ3v) is 5.56. The van der Waals surface area contributed by atoms with E-state index in [4.69, 9.17) is 10.1 Å². The number of imidazole rings is 1. The number of likely N-dealkylation sites (tertiary alicyclic amines) is 1. The van der Waals surface area contributed by atoms with Crippen molar-refractivity contribution in [2.45, 2.75) is 32.9 Å². The van der Waals surface area contributed by atoms with Gasteiger partial charge < -0.3 is 0 Å². The van der Waals surface area contributed by atoms with Crippen LogP contribution in [0.3, 0.4) is 0 Å². The minimum atomic E-state index is 0.436. The summed E-state index contributed by atoms with van der Waals surface area (Å²) in [4.78, 5) is 11.8. The maximum absolute atomic E-state index is 4.83. The lowest BCUT2D eigenvalue weighted by molar-refractivity contribution is 0.306. The molecule has 0 aliphatic carbocycles. The molecular weight excluding hydrogens is 348 g/mol. The number of nitrogens with zero attached hydrogens (tertiary/aromatic N) is 6. The minimum Gasteiger partial charge on any atom is -0.295 e. The smallest absolute Gasteiger partial charge is 0.234 e. The first-order valence-electron chi connectivity index (χ1n) is 9.81. The van der Waals surface area contributed by atoms with E-state index < -0.39 is 0 Å². The van der Waals surface area contributed by atoms with E-state index >= 15 is 0 Å². The van der Waals surface area contributed by atoms with Gasteiger partial charge in [0, 0.05) is 43.3 Å². The molecule has 0 N–H and O–H groups in total. The molecule has 0 saturated carbocycles. The fourth-order valence-electron chi connectivity index (χ4n) is 4.30. The summed E-state index contributed by atoms with van der Waals surface area (Å²) < 4.78 is 4.32. The van der Waals surface area contributed by atoms with Gasteiger partial charge in [-0.3, -0.25) is 14.0 Å². The van der Waals surface area contributed by atoms with Gasteiger partial charge in [-0.15, -0.1) is 0 Å². The molecule has 1 aromatic carbocycles. The molecule has 5 rings (SSSR count). The van der Waals surface area contributed by atoms with E-state index in [2.05, 4.69) is 69.3 Å². The second-order valence-electron chi connectivity index (χ2n) is 7.61. The number of benzene rings is 1. The van der Waals surface area contributed by atoms with Gasteiger partial charge >= 0.3 is 0 Å². The first-order valence-corrected chi connectivity index (χ1v) is 9.81. The van der Waals surface area contributed by atoms with Crippen molar-refractivity contribution < 1.29 is 0 Å². The van der Waals surface area contributed by atoms with Crippen molar-refractivity contribution >= 4 is 5.78 Å². The lowest BCUT2D eigenvalue weighted by Gasteiger charge is -2.17. The summed E-state index contributed by atoms with van der Waals surface area (Å²) in [6.07, 6.45) is 4.99. The van der Waals surface area contributed by atoms with Crippen LogP contribution < -0.4 is 0 Å². The van der Waals surface area contributed by atoms with E-state index in [0.717, 1.165) is 48.8 Å². The van der Waals surface area contributed by atoms with Crippen LogP contribution >= 0.6 is 0 Å². The molecule has 6 heteroatoms. The number of fused-ring (bicyclic) bond motifs is 1. The molecule has 0 amide bonds. The monoisotopic (exact) mass is 372 g/mol. The zero-order chi connectivity index (χ0) is 19.1. The fourth-order valence-corrected chi connectivity index (χ4v) is 4.30. The molecule has 4 aromatic rings. The summed E-state index contributed by atoms with van der Waals surface area (Å²) in [6, 6.07) is 15.0. The van der Waals surface area contributed by atoms with Crippen LogP contribution in [0.5, 0.6) is 0 Å². The minimum absolute atomic E-state index is 0.436. The van der Waals surface area contributed by atoms with Crippen LogP contribution in [-0.2, 0) is 6.54 Å². The summed E-state index contributed by atoms with van der Waals surface area (Å²) in [5.74, 6) is 0.755. The Morgan fingerprint density at radius 1 is 1.11 bits per heavy atom. The van der Waals surface area contributed by atoms with Crippen LogP contribution in [0.15, 0.2) is 54.9 Å². The van der Waals surface area contributed by atoms with E-state index in [1.807, 2.05) is 12.1 Å². The Balaban J connectivity index is 1.46. The van der Waals surface area contributed by atoms with Crippen LogP contribution in [0.1, 0.15) is 29.5 Å². The lowest BCUT2D eigenvalue weighted by Crippen LogP contribution is -2.23. The molecule has 1 aliphatic heterocycles. The average molecular weight is 372 g/mol. The van der Waals surface area contributed by atoms with Crippen molar-refractivity contribution in [2.24, 2.45) is 0 Å². The van der Waals surface area contributed by atoms with E-state index in [-0.39, 0.29) is 0 Å². The number of hydrogen-bond acceptors (Lipinski definition) is 4. The maximum Gasteiger partial charge on any atom is 0.234 e. The number of aryl methyl sites for hydroxylation is 2. The van der Waals surface area contributed by atoms with Gasteiger partial charge in [-0.1, -0.05) is 30.3 Å².